The van der Waals surface area contributed by atoms with Gasteiger partial charge in [-0.3, -0.25) is 4.79 Å². The summed E-state index contributed by atoms with van der Waals surface area (Å²) in [6, 6.07) is 9.43. The van der Waals surface area contributed by atoms with Crippen LogP contribution in [0.2, 0.25) is 0 Å². The number of pyridine rings is 1. The summed E-state index contributed by atoms with van der Waals surface area (Å²) in [5.41, 5.74) is 1.72. The van der Waals surface area contributed by atoms with Gasteiger partial charge in [0.1, 0.15) is 5.82 Å². The van der Waals surface area contributed by atoms with Gasteiger partial charge in [-0.15, -0.1) is 0 Å². The summed E-state index contributed by atoms with van der Waals surface area (Å²) < 4.78 is 10.7. The van der Waals surface area contributed by atoms with Crippen molar-refractivity contribution in [3.05, 3.63) is 47.7 Å². The first-order chi connectivity index (χ1) is 12.7. The van der Waals surface area contributed by atoms with Crippen molar-refractivity contribution in [2.24, 2.45) is 0 Å². The largest absolute Gasteiger partial charge is 0.454 e. The third-order valence-corrected chi connectivity index (χ3v) is 4.19. The third-order valence-electron chi connectivity index (χ3n) is 4.19. The molecule has 3 rings (SSSR count). The number of carbonyl (C=O) groups excluding carboxylic acids is 1. The molecule has 0 atom stereocenters. The molecule has 1 N–H and O–H groups in total. The first-order valence-electron chi connectivity index (χ1n) is 9.09. The van der Waals surface area contributed by atoms with Crippen LogP contribution >= 0.6 is 0 Å². The molecular weight excluding hydrogens is 330 g/mol. The normalized spacial score (nSPS) is 12.1. The molecule has 6 nitrogen and oxygen atoms in total. The molecule has 6 heteroatoms. The van der Waals surface area contributed by atoms with E-state index in [1.807, 2.05) is 29.2 Å². The van der Waals surface area contributed by atoms with Gasteiger partial charge in [0.15, 0.2) is 11.5 Å². The molecular formula is C20H25N3O3. The van der Waals surface area contributed by atoms with Gasteiger partial charge in [0.25, 0.3) is 5.91 Å². The lowest BCUT2D eigenvalue weighted by Gasteiger charge is -2.21. The van der Waals surface area contributed by atoms with Crippen LogP contribution < -0.4 is 14.8 Å². The lowest BCUT2D eigenvalue weighted by molar-refractivity contribution is 0.0755. The van der Waals surface area contributed by atoms with Crippen molar-refractivity contribution in [3.8, 4) is 11.5 Å². The number of hydrogen-bond donors (Lipinski definition) is 1. The number of carbonyl (C=O) groups is 1. The molecule has 1 aliphatic rings. The highest BCUT2D eigenvalue weighted by molar-refractivity contribution is 5.94. The number of rotatable bonds is 8. The molecule has 0 bridgehead atoms. The summed E-state index contributed by atoms with van der Waals surface area (Å²) in [6.07, 6.45) is 3.57. The molecule has 1 aromatic carbocycles. The minimum atomic E-state index is 0.0576. The van der Waals surface area contributed by atoms with E-state index in [9.17, 15) is 4.79 Å². The van der Waals surface area contributed by atoms with Crippen molar-refractivity contribution in [3.63, 3.8) is 0 Å². The van der Waals surface area contributed by atoms with Crippen molar-refractivity contribution < 1.29 is 14.3 Å². The molecule has 26 heavy (non-hydrogen) atoms. The van der Waals surface area contributed by atoms with Crippen molar-refractivity contribution in [2.45, 2.75) is 33.2 Å². The Labute approximate surface area is 154 Å². The summed E-state index contributed by atoms with van der Waals surface area (Å²) in [6.45, 7) is 6.57. The molecule has 0 unspecified atom stereocenters. The van der Waals surface area contributed by atoms with Gasteiger partial charge in [-0.1, -0.05) is 19.9 Å². The number of aromatic nitrogens is 1. The van der Waals surface area contributed by atoms with Crippen LogP contribution in [0.5, 0.6) is 11.5 Å². The monoisotopic (exact) mass is 355 g/mol. The lowest BCUT2D eigenvalue weighted by atomic mass is 10.2. The van der Waals surface area contributed by atoms with Gasteiger partial charge in [0.2, 0.25) is 6.79 Å². The minimum absolute atomic E-state index is 0.0576. The molecule has 0 saturated heterocycles. The molecule has 0 radical (unpaired) electrons. The minimum Gasteiger partial charge on any atom is -0.454 e. The number of fused-ring (bicyclic) bond motifs is 1. The average Bonchev–Trinajstić information content (AvgIpc) is 3.13. The van der Waals surface area contributed by atoms with Crippen molar-refractivity contribution >= 4 is 11.7 Å². The number of nitrogens with zero attached hydrogens (tertiary/aromatic N) is 2. The number of anilines is 1. The number of ether oxygens (including phenoxy) is 2. The number of amides is 1. The number of nitrogens with one attached hydrogen (secondary N) is 1. The average molecular weight is 355 g/mol. The van der Waals surface area contributed by atoms with Crippen LogP contribution in [-0.2, 0) is 6.54 Å². The fourth-order valence-electron chi connectivity index (χ4n) is 2.94. The second-order valence-electron chi connectivity index (χ2n) is 6.26. The topological polar surface area (TPSA) is 63.7 Å². The van der Waals surface area contributed by atoms with Gasteiger partial charge in [-0.25, -0.2) is 4.98 Å². The van der Waals surface area contributed by atoms with E-state index in [1.54, 1.807) is 12.3 Å². The van der Waals surface area contributed by atoms with Crippen LogP contribution in [0.1, 0.15) is 42.6 Å². The summed E-state index contributed by atoms with van der Waals surface area (Å²) in [5, 5.41) is 3.27. The highest BCUT2D eigenvalue weighted by Crippen LogP contribution is 2.32. The SMILES string of the molecule is CCCN(CCC)C(=O)c1ccnc(NCc2ccc3c(c2)OCO3)c1. The van der Waals surface area contributed by atoms with E-state index in [0.29, 0.717) is 17.9 Å². The summed E-state index contributed by atoms with van der Waals surface area (Å²) in [7, 11) is 0. The molecule has 2 heterocycles. The summed E-state index contributed by atoms with van der Waals surface area (Å²) >= 11 is 0. The molecule has 138 valence electrons. The molecule has 1 amide bonds. The smallest absolute Gasteiger partial charge is 0.254 e. The van der Waals surface area contributed by atoms with Gasteiger partial charge < -0.3 is 19.7 Å². The quantitative estimate of drug-likeness (QED) is 0.782. The maximum Gasteiger partial charge on any atom is 0.254 e. The standard InChI is InChI=1S/C20H25N3O3/c1-3-9-23(10-4-2)20(24)16-7-8-21-19(12-16)22-13-15-5-6-17-18(11-15)26-14-25-17/h5-8,11-12H,3-4,9-10,13-14H2,1-2H3,(H,21,22). The second-order valence-corrected chi connectivity index (χ2v) is 6.26. The van der Waals surface area contributed by atoms with E-state index in [-0.39, 0.29) is 12.7 Å². The summed E-state index contributed by atoms with van der Waals surface area (Å²) in [4.78, 5) is 18.9. The fourth-order valence-corrected chi connectivity index (χ4v) is 2.94. The van der Waals surface area contributed by atoms with Crippen LogP contribution in [0.3, 0.4) is 0 Å². The summed E-state index contributed by atoms with van der Waals surface area (Å²) in [5.74, 6) is 2.27. The number of benzene rings is 1. The molecule has 1 aromatic heterocycles. The molecule has 1 aliphatic heterocycles. The van der Waals surface area contributed by atoms with E-state index >= 15 is 0 Å². The third kappa shape index (κ3) is 4.25. The van der Waals surface area contributed by atoms with Crippen LogP contribution in [0, 0.1) is 0 Å². The van der Waals surface area contributed by atoms with Gasteiger partial charge in [-0.2, -0.15) is 0 Å². The fraction of sp³-hybridized carbons (Fsp3) is 0.400. The van der Waals surface area contributed by atoms with Crippen molar-refractivity contribution in [1.29, 1.82) is 0 Å². The zero-order valence-corrected chi connectivity index (χ0v) is 15.3. The van der Waals surface area contributed by atoms with E-state index < -0.39 is 0 Å². The predicted octanol–water partition coefficient (Wildman–Crippen LogP) is 3.68. The van der Waals surface area contributed by atoms with Crippen LogP contribution in [-0.4, -0.2) is 35.7 Å². The maximum absolute atomic E-state index is 12.7. The Kier molecular flexibility index (Phi) is 5.94. The zero-order valence-electron chi connectivity index (χ0n) is 15.3. The molecule has 0 saturated carbocycles. The lowest BCUT2D eigenvalue weighted by Crippen LogP contribution is -2.32. The maximum atomic E-state index is 12.7. The van der Waals surface area contributed by atoms with Crippen LogP contribution in [0.15, 0.2) is 36.5 Å². The van der Waals surface area contributed by atoms with E-state index in [2.05, 4.69) is 24.1 Å². The van der Waals surface area contributed by atoms with Gasteiger partial charge >= 0.3 is 0 Å². The Bertz CT molecular complexity index is 758. The molecule has 0 spiro atoms. The second kappa shape index (κ2) is 8.56. The van der Waals surface area contributed by atoms with E-state index in [1.165, 1.54) is 0 Å². The van der Waals surface area contributed by atoms with E-state index in [0.717, 1.165) is 43.0 Å². The molecule has 0 aliphatic carbocycles. The first kappa shape index (κ1) is 18.0. The van der Waals surface area contributed by atoms with Crippen molar-refractivity contribution in [2.75, 3.05) is 25.2 Å². The van der Waals surface area contributed by atoms with Crippen LogP contribution in [0.4, 0.5) is 5.82 Å². The predicted molar refractivity (Wildman–Crippen MR) is 101 cm³/mol. The number of hydrogen-bond acceptors (Lipinski definition) is 5. The molecule has 0 fully saturated rings. The van der Waals surface area contributed by atoms with Crippen LogP contribution in [0.25, 0.3) is 0 Å². The highest BCUT2D eigenvalue weighted by Gasteiger charge is 2.15. The van der Waals surface area contributed by atoms with E-state index in [4.69, 9.17) is 9.47 Å². The van der Waals surface area contributed by atoms with Gasteiger partial charge in [0.05, 0.1) is 0 Å². The Morgan fingerprint density at radius 2 is 1.88 bits per heavy atom. The Morgan fingerprint density at radius 3 is 2.65 bits per heavy atom. The highest BCUT2D eigenvalue weighted by atomic mass is 16.7. The Hall–Kier alpha value is -2.76. The van der Waals surface area contributed by atoms with Crippen molar-refractivity contribution in [1.82, 2.24) is 9.88 Å². The van der Waals surface area contributed by atoms with Gasteiger partial charge in [-0.05, 0) is 42.7 Å². The Balaban J connectivity index is 1.66. The van der Waals surface area contributed by atoms with Gasteiger partial charge in [0, 0.05) is 31.4 Å². The Morgan fingerprint density at radius 1 is 1.12 bits per heavy atom. The molecule has 2 aromatic rings. The zero-order chi connectivity index (χ0) is 18.4. The first-order valence-corrected chi connectivity index (χ1v) is 9.09.